The number of amides is 1. The summed E-state index contributed by atoms with van der Waals surface area (Å²) >= 11 is 0. The molecule has 0 aromatic carbocycles. The summed E-state index contributed by atoms with van der Waals surface area (Å²) in [6.07, 6.45) is 0.990. The molecule has 86 valence electrons. The Balaban J connectivity index is 2.89. The largest absolute Gasteiger partial charge is 0.479 e. The molecule has 0 aliphatic carbocycles. The van der Waals surface area contributed by atoms with Crippen LogP contribution in [0.3, 0.4) is 0 Å². The van der Waals surface area contributed by atoms with Crippen molar-refractivity contribution in [2.24, 2.45) is 0 Å². The molecule has 0 spiro atoms. The number of likely N-dealkylation sites (N-methyl/N-ethyl adjacent to an activating group) is 1. The van der Waals surface area contributed by atoms with E-state index in [0.717, 1.165) is 0 Å². The van der Waals surface area contributed by atoms with Gasteiger partial charge in [-0.3, -0.25) is 4.79 Å². The third-order valence-corrected chi connectivity index (χ3v) is 3.33. The number of carbonyl (C=O) groups excluding carboxylic acids is 1. The van der Waals surface area contributed by atoms with Gasteiger partial charge in [-0.25, -0.2) is 4.79 Å². The lowest BCUT2D eigenvalue weighted by atomic mass is 9.86. The maximum Gasteiger partial charge on any atom is 0.329 e. The number of carboxylic acid groups (broad SMARTS) is 1. The summed E-state index contributed by atoms with van der Waals surface area (Å²) in [4.78, 5) is 26.0. The first-order valence-corrected chi connectivity index (χ1v) is 5.06. The van der Waals surface area contributed by atoms with Crippen molar-refractivity contribution < 1.29 is 14.7 Å². The van der Waals surface area contributed by atoms with Gasteiger partial charge in [0.05, 0.1) is 0 Å². The maximum atomic E-state index is 11.3. The van der Waals surface area contributed by atoms with Crippen molar-refractivity contribution in [2.45, 2.75) is 25.3 Å². The van der Waals surface area contributed by atoms with Gasteiger partial charge in [0.2, 0.25) is 5.91 Å². The minimum absolute atomic E-state index is 0.193. The van der Waals surface area contributed by atoms with E-state index in [4.69, 9.17) is 0 Å². The molecule has 1 N–H and O–H groups in total. The highest BCUT2D eigenvalue weighted by Crippen LogP contribution is 2.27. The number of carbonyl (C=O) groups is 2. The van der Waals surface area contributed by atoms with E-state index >= 15 is 0 Å². The van der Waals surface area contributed by atoms with Crippen molar-refractivity contribution in [1.29, 1.82) is 0 Å². The van der Waals surface area contributed by atoms with Crippen molar-refractivity contribution in [2.75, 3.05) is 27.2 Å². The smallest absolute Gasteiger partial charge is 0.329 e. The molecular formula is C10H18N2O3. The molecule has 0 radical (unpaired) electrons. The Morgan fingerprint density at radius 2 is 1.80 bits per heavy atom. The van der Waals surface area contributed by atoms with E-state index in [2.05, 4.69) is 4.90 Å². The lowest BCUT2D eigenvalue weighted by Crippen LogP contribution is -2.59. The van der Waals surface area contributed by atoms with E-state index in [1.165, 1.54) is 11.8 Å². The quantitative estimate of drug-likeness (QED) is 0.703. The van der Waals surface area contributed by atoms with Crippen LogP contribution in [-0.4, -0.2) is 59.5 Å². The predicted molar refractivity (Wildman–Crippen MR) is 55.5 cm³/mol. The summed E-state index contributed by atoms with van der Waals surface area (Å²) < 4.78 is 0. The minimum Gasteiger partial charge on any atom is -0.479 e. The second-order valence-electron chi connectivity index (χ2n) is 4.22. The number of aliphatic carboxylic acids is 1. The first-order chi connectivity index (χ1) is 6.90. The fourth-order valence-electron chi connectivity index (χ4n) is 1.98. The highest BCUT2D eigenvalue weighted by Gasteiger charge is 2.45. The molecule has 5 nitrogen and oxygen atoms in total. The Morgan fingerprint density at radius 1 is 1.33 bits per heavy atom. The molecule has 1 fully saturated rings. The minimum atomic E-state index is -1.00. The van der Waals surface area contributed by atoms with Crippen molar-refractivity contribution in [3.63, 3.8) is 0 Å². The summed E-state index contributed by atoms with van der Waals surface area (Å²) in [7, 11) is 3.53. The van der Waals surface area contributed by atoms with Gasteiger partial charge in [0.15, 0.2) is 0 Å². The van der Waals surface area contributed by atoms with Crippen LogP contribution >= 0.6 is 0 Å². The maximum absolute atomic E-state index is 11.3. The van der Waals surface area contributed by atoms with E-state index in [1.807, 2.05) is 7.05 Å². The van der Waals surface area contributed by atoms with Crippen LogP contribution in [0.2, 0.25) is 0 Å². The highest BCUT2D eigenvalue weighted by atomic mass is 16.4. The van der Waals surface area contributed by atoms with Gasteiger partial charge in [0.1, 0.15) is 5.54 Å². The lowest BCUT2D eigenvalue weighted by Gasteiger charge is -2.43. The molecule has 0 unspecified atom stereocenters. The third-order valence-electron chi connectivity index (χ3n) is 3.33. The summed E-state index contributed by atoms with van der Waals surface area (Å²) in [5.41, 5.74) is -1.00. The summed E-state index contributed by atoms with van der Waals surface area (Å²) in [5, 5.41) is 9.28. The molecule has 0 aromatic heterocycles. The van der Waals surface area contributed by atoms with Gasteiger partial charge in [-0.1, -0.05) is 0 Å². The average Bonchev–Trinajstić information content (AvgIpc) is 2.17. The molecule has 1 aliphatic heterocycles. The van der Waals surface area contributed by atoms with Crippen LogP contribution in [0.5, 0.6) is 0 Å². The predicted octanol–water partition coefficient (Wildman–Crippen LogP) is 0.0137. The molecule has 1 rings (SSSR count). The molecule has 0 bridgehead atoms. The van der Waals surface area contributed by atoms with E-state index < -0.39 is 11.5 Å². The van der Waals surface area contributed by atoms with E-state index in [1.54, 1.807) is 7.05 Å². The van der Waals surface area contributed by atoms with Gasteiger partial charge < -0.3 is 14.9 Å². The van der Waals surface area contributed by atoms with Crippen LogP contribution in [0.25, 0.3) is 0 Å². The van der Waals surface area contributed by atoms with Crippen molar-refractivity contribution >= 4 is 11.9 Å². The number of hydrogen-bond donors (Lipinski definition) is 1. The van der Waals surface area contributed by atoms with Gasteiger partial charge in [0.25, 0.3) is 0 Å². The van der Waals surface area contributed by atoms with Crippen molar-refractivity contribution in [3.8, 4) is 0 Å². The number of likely N-dealkylation sites (tertiary alicyclic amines) is 1. The van der Waals surface area contributed by atoms with Crippen LogP contribution in [0, 0.1) is 0 Å². The second kappa shape index (κ2) is 4.18. The SMILES string of the molecule is CC(=O)N(C)C1(C(=O)O)CCN(C)CC1. The van der Waals surface area contributed by atoms with Crippen LogP contribution in [0.15, 0.2) is 0 Å². The Kier molecular flexibility index (Phi) is 3.34. The van der Waals surface area contributed by atoms with Gasteiger partial charge in [-0.2, -0.15) is 0 Å². The van der Waals surface area contributed by atoms with Gasteiger partial charge >= 0.3 is 5.97 Å². The number of nitrogens with zero attached hydrogens (tertiary/aromatic N) is 2. The van der Waals surface area contributed by atoms with Gasteiger partial charge in [-0.05, 0) is 19.9 Å². The van der Waals surface area contributed by atoms with Crippen molar-refractivity contribution in [3.05, 3.63) is 0 Å². The second-order valence-corrected chi connectivity index (χ2v) is 4.22. The fraction of sp³-hybridized carbons (Fsp3) is 0.800. The van der Waals surface area contributed by atoms with E-state index in [9.17, 15) is 14.7 Å². The summed E-state index contributed by atoms with van der Waals surface area (Å²) in [6, 6.07) is 0. The zero-order valence-corrected chi connectivity index (χ0v) is 9.49. The highest BCUT2D eigenvalue weighted by molar-refractivity contribution is 5.86. The standard InChI is InChI=1S/C10H18N2O3/c1-8(13)12(3)10(9(14)15)4-6-11(2)7-5-10/h4-7H2,1-3H3,(H,14,15). The zero-order chi connectivity index (χ0) is 11.6. The third kappa shape index (κ3) is 2.12. The van der Waals surface area contributed by atoms with Crippen LogP contribution in [-0.2, 0) is 9.59 Å². The normalized spacial score (nSPS) is 21.0. The van der Waals surface area contributed by atoms with Crippen LogP contribution in [0.4, 0.5) is 0 Å². The Morgan fingerprint density at radius 3 is 2.13 bits per heavy atom. The molecule has 15 heavy (non-hydrogen) atoms. The molecule has 1 saturated heterocycles. The Hall–Kier alpha value is -1.10. The van der Waals surface area contributed by atoms with Crippen molar-refractivity contribution in [1.82, 2.24) is 9.80 Å². The molecule has 1 amide bonds. The summed E-state index contributed by atoms with van der Waals surface area (Å²) in [5.74, 6) is -1.09. The molecule has 1 heterocycles. The molecule has 0 aromatic rings. The van der Waals surface area contributed by atoms with Gasteiger partial charge in [0, 0.05) is 27.1 Å². The topological polar surface area (TPSA) is 60.9 Å². The lowest BCUT2D eigenvalue weighted by molar-refractivity contribution is -0.160. The van der Waals surface area contributed by atoms with Crippen LogP contribution in [0.1, 0.15) is 19.8 Å². The first kappa shape index (κ1) is 12.0. The van der Waals surface area contributed by atoms with E-state index in [0.29, 0.717) is 25.9 Å². The molecule has 0 saturated carbocycles. The number of piperidine rings is 1. The molecular weight excluding hydrogens is 196 g/mol. The van der Waals surface area contributed by atoms with Crippen LogP contribution < -0.4 is 0 Å². The zero-order valence-electron chi connectivity index (χ0n) is 9.49. The molecule has 1 aliphatic rings. The average molecular weight is 214 g/mol. The number of hydrogen-bond acceptors (Lipinski definition) is 3. The monoisotopic (exact) mass is 214 g/mol. The number of rotatable bonds is 2. The first-order valence-electron chi connectivity index (χ1n) is 5.06. The van der Waals surface area contributed by atoms with E-state index in [-0.39, 0.29) is 5.91 Å². The van der Waals surface area contributed by atoms with Gasteiger partial charge in [-0.15, -0.1) is 0 Å². The fourth-order valence-corrected chi connectivity index (χ4v) is 1.98. The molecule has 5 heteroatoms. The molecule has 0 atom stereocenters. The number of carboxylic acids is 1. The summed E-state index contributed by atoms with van der Waals surface area (Å²) in [6.45, 7) is 2.83. The Bertz CT molecular complexity index is 270. The Labute approximate surface area is 89.7 Å².